The first-order valence-electron chi connectivity index (χ1n) is 20.6. The van der Waals surface area contributed by atoms with Crippen molar-refractivity contribution in [3.8, 4) is 22.3 Å². The van der Waals surface area contributed by atoms with Crippen LogP contribution in [0.15, 0.2) is 130 Å². The highest BCUT2D eigenvalue weighted by Crippen LogP contribution is 2.46. The molecule has 0 spiro atoms. The van der Waals surface area contributed by atoms with Gasteiger partial charge in [-0.05, 0) is 50.8 Å². The lowest BCUT2D eigenvalue weighted by Gasteiger charge is -2.17. The monoisotopic (exact) mass is 480 g/mol. The average Bonchev–Trinajstić information content (AvgIpc) is 3.74. The molecule has 0 radical (unpaired) electrons. The SMILES string of the molecule is [2H]c1oc2c(c([2H])c([2H])c3c2oc2c([2H])c([2H])c([2H])c([2H])c23)c1-c1c2c([2H])c([2H])c([2H])c([2H])c2c(-c2c([2H])c([2H])c([2H])c([2H])c2[2H])c2c([2H])c([2H])c([2H])c([2H])c12. The molecule has 0 aliphatic carbocycles. The minimum Gasteiger partial charge on any atom is -0.460 e. The molecule has 0 saturated heterocycles. The predicted molar refractivity (Wildman–Crippen MR) is 149 cm³/mol. The fraction of sp³-hybridized carbons (Fsp3) is 0. The Morgan fingerprint density at radius 1 is 0.444 bits per heavy atom. The van der Waals surface area contributed by atoms with Gasteiger partial charge in [0.2, 0.25) is 0 Å². The van der Waals surface area contributed by atoms with Crippen LogP contribution >= 0.6 is 0 Å². The topological polar surface area (TPSA) is 26.3 Å². The molecule has 2 heterocycles. The molecule has 0 bridgehead atoms. The molecular formula is C34H20O2. The molecule has 2 aromatic heterocycles. The van der Waals surface area contributed by atoms with Crippen LogP contribution in [0.3, 0.4) is 0 Å². The highest BCUT2D eigenvalue weighted by molar-refractivity contribution is 6.24. The highest BCUT2D eigenvalue weighted by Gasteiger charge is 2.21. The summed E-state index contributed by atoms with van der Waals surface area (Å²) in [5, 5.41) is -3.12. The zero-order chi connectivity index (χ0) is 41.0. The van der Waals surface area contributed by atoms with Crippen molar-refractivity contribution in [3.05, 3.63) is 121 Å². The van der Waals surface area contributed by atoms with Gasteiger partial charge < -0.3 is 8.83 Å². The normalized spacial score (nSPS) is 19.7. The van der Waals surface area contributed by atoms with E-state index < -0.39 is 181 Å². The lowest BCUT2D eigenvalue weighted by molar-refractivity contribution is 0.601. The zero-order valence-corrected chi connectivity index (χ0v) is 17.8. The van der Waals surface area contributed by atoms with E-state index in [2.05, 4.69) is 0 Å². The van der Waals surface area contributed by atoms with Crippen molar-refractivity contribution in [2.24, 2.45) is 0 Å². The summed E-state index contributed by atoms with van der Waals surface area (Å²) in [6.07, 6.45) is -0.849. The molecule has 0 unspecified atom stereocenters. The Morgan fingerprint density at radius 2 is 1.00 bits per heavy atom. The quantitative estimate of drug-likeness (QED) is 0.230. The van der Waals surface area contributed by atoms with E-state index in [4.69, 9.17) is 34.9 Å². The van der Waals surface area contributed by atoms with Gasteiger partial charge in [-0.25, -0.2) is 0 Å². The van der Waals surface area contributed by atoms with Crippen LogP contribution in [0.2, 0.25) is 0 Å². The third-order valence-corrected chi connectivity index (χ3v) is 5.96. The molecule has 0 fully saturated rings. The molecule has 0 atom stereocenters. The van der Waals surface area contributed by atoms with Gasteiger partial charge in [0.25, 0.3) is 0 Å². The number of hydrogen-bond donors (Lipinski definition) is 0. The minimum absolute atomic E-state index is 0.252. The third-order valence-electron chi connectivity index (χ3n) is 5.96. The van der Waals surface area contributed by atoms with Gasteiger partial charge in [0, 0.05) is 27.3 Å². The maximum absolute atomic E-state index is 9.19. The lowest BCUT2D eigenvalue weighted by Crippen LogP contribution is -1.90. The Morgan fingerprint density at radius 3 is 1.69 bits per heavy atom. The van der Waals surface area contributed by atoms with Gasteiger partial charge in [0.15, 0.2) is 11.2 Å². The predicted octanol–water partition coefficient (Wildman–Crippen LogP) is 9.97. The number of furan rings is 2. The van der Waals surface area contributed by atoms with Crippen molar-refractivity contribution in [3.63, 3.8) is 0 Å². The van der Waals surface area contributed by atoms with Crippen molar-refractivity contribution >= 4 is 54.5 Å². The molecule has 8 aromatic rings. The standard InChI is InChI=1S/C34H20O2/c1-2-10-21(11-3-1)31-23-13-4-6-15-25(23)32(26-16-7-5-14-24(26)31)29-20-35-33-28(29)19-18-27-22-12-8-9-17-30(22)36-34(27)33/h1-20H/i1D,2D,3D,4D,5D,6D,7D,8D,9D,10D,11D,12D,13D,14D,15D,16D,17D,18D,19D,20D. The number of benzene rings is 6. The van der Waals surface area contributed by atoms with Crippen LogP contribution in [-0.4, -0.2) is 0 Å². The van der Waals surface area contributed by atoms with Gasteiger partial charge in [0.1, 0.15) is 6.95 Å². The minimum atomic E-state index is -0.857. The second kappa shape index (κ2) is 7.34. The Hall–Kier alpha value is -4.82. The van der Waals surface area contributed by atoms with Crippen LogP contribution in [0.4, 0.5) is 0 Å². The molecule has 8 rings (SSSR count). The smallest absolute Gasteiger partial charge is 0.178 e. The van der Waals surface area contributed by atoms with Gasteiger partial charge >= 0.3 is 0 Å². The summed E-state index contributed by atoms with van der Waals surface area (Å²) in [6, 6.07) is -14.9. The first-order valence-corrected chi connectivity index (χ1v) is 10.6. The molecule has 6 aromatic carbocycles. The fourth-order valence-electron chi connectivity index (χ4n) is 4.50. The Bertz CT molecular complexity index is 3090. The van der Waals surface area contributed by atoms with Crippen LogP contribution in [-0.2, 0) is 0 Å². The van der Waals surface area contributed by atoms with Crippen molar-refractivity contribution in [1.29, 1.82) is 0 Å². The van der Waals surface area contributed by atoms with Gasteiger partial charge in [0.05, 0.1) is 32.3 Å². The van der Waals surface area contributed by atoms with Crippen LogP contribution in [0.5, 0.6) is 0 Å². The summed E-state index contributed by atoms with van der Waals surface area (Å²) in [5.74, 6) is 0. The summed E-state index contributed by atoms with van der Waals surface area (Å²) in [7, 11) is 0. The summed E-state index contributed by atoms with van der Waals surface area (Å²) in [4.78, 5) is 0. The number of fused-ring (bicyclic) bond motifs is 7. The molecule has 0 amide bonds. The first kappa shape index (κ1) is 8.39. The highest BCUT2D eigenvalue weighted by atomic mass is 16.4. The summed E-state index contributed by atoms with van der Waals surface area (Å²) in [5.41, 5.74) is -3.40. The van der Waals surface area contributed by atoms with Crippen LogP contribution < -0.4 is 0 Å². The van der Waals surface area contributed by atoms with Crippen LogP contribution in [0.25, 0.3) is 76.7 Å². The molecule has 0 aliphatic heterocycles. The molecule has 168 valence electrons. The van der Waals surface area contributed by atoms with E-state index in [0.717, 1.165) is 0 Å². The molecule has 2 nitrogen and oxygen atoms in total. The summed E-state index contributed by atoms with van der Waals surface area (Å²) >= 11 is 0. The van der Waals surface area contributed by atoms with Gasteiger partial charge in [-0.3, -0.25) is 0 Å². The largest absolute Gasteiger partial charge is 0.460 e. The molecule has 0 saturated carbocycles. The zero-order valence-electron chi connectivity index (χ0n) is 37.8. The van der Waals surface area contributed by atoms with E-state index in [1.165, 1.54) is 0 Å². The van der Waals surface area contributed by atoms with Crippen molar-refractivity contribution in [2.45, 2.75) is 0 Å². The van der Waals surface area contributed by atoms with Crippen molar-refractivity contribution in [2.75, 3.05) is 0 Å². The van der Waals surface area contributed by atoms with Crippen molar-refractivity contribution < 1.29 is 36.2 Å². The number of para-hydroxylation sites is 1. The molecule has 0 N–H and O–H groups in total. The maximum atomic E-state index is 9.19. The first-order chi connectivity index (χ1) is 26.2. The van der Waals surface area contributed by atoms with E-state index >= 15 is 0 Å². The Balaban J connectivity index is 1.73. The van der Waals surface area contributed by atoms with E-state index in [1.54, 1.807) is 0 Å². The van der Waals surface area contributed by atoms with E-state index in [9.17, 15) is 1.37 Å². The van der Waals surface area contributed by atoms with E-state index in [-0.39, 0.29) is 16.4 Å². The maximum Gasteiger partial charge on any atom is 0.178 e. The molecular weight excluding hydrogens is 440 g/mol. The number of rotatable bonds is 2. The average molecular weight is 481 g/mol. The summed E-state index contributed by atoms with van der Waals surface area (Å²) in [6.45, 7) is 0. The fourth-order valence-corrected chi connectivity index (χ4v) is 4.50. The van der Waals surface area contributed by atoms with E-state index in [0.29, 0.717) is 0 Å². The molecule has 0 aliphatic rings. The Kier molecular flexibility index (Phi) is 1.71. The third kappa shape index (κ3) is 2.61. The lowest BCUT2D eigenvalue weighted by atomic mass is 9.86. The van der Waals surface area contributed by atoms with Gasteiger partial charge in [-0.15, -0.1) is 0 Å². The Labute approximate surface area is 235 Å². The van der Waals surface area contributed by atoms with Gasteiger partial charge in [-0.2, -0.15) is 0 Å². The van der Waals surface area contributed by atoms with Crippen LogP contribution in [0, 0.1) is 0 Å². The van der Waals surface area contributed by atoms with Gasteiger partial charge in [-0.1, -0.05) is 96.7 Å². The molecule has 2 heteroatoms. The molecule has 36 heavy (non-hydrogen) atoms. The van der Waals surface area contributed by atoms with Crippen molar-refractivity contribution in [1.82, 2.24) is 0 Å². The second-order valence-corrected chi connectivity index (χ2v) is 7.79. The van der Waals surface area contributed by atoms with E-state index in [1.807, 2.05) is 0 Å². The van der Waals surface area contributed by atoms with Crippen LogP contribution in [0.1, 0.15) is 27.4 Å². The number of hydrogen-bond acceptors (Lipinski definition) is 2. The second-order valence-electron chi connectivity index (χ2n) is 7.79. The summed E-state index contributed by atoms with van der Waals surface area (Å²) < 4.78 is 186.